The Labute approximate surface area is 125 Å². The number of likely N-dealkylation sites (tertiary alicyclic amines) is 1. The van der Waals surface area contributed by atoms with E-state index in [1.165, 1.54) is 18.9 Å². The second kappa shape index (κ2) is 7.41. The lowest BCUT2D eigenvalue weighted by atomic mass is 10.0. The number of aliphatic imine (C=N–C) groups is 1. The van der Waals surface area contributed by atoms with E-state index in [4.69, 9.17) is 5.11 Å². The molecule has 2 N–H and O–H groups in total. The largest absolute Gasteiger partial charge is 0.392 e. The van der Waals surface area contributed by atoms with Gasteiger partial charge < -0.3 is 15.3 Å². The molecule has 0 aliphatic carbocycles. The van der Waals surface area contributed by atoms with Crippen molar-refractivity contribution < 1.29 is 9.50 Å². The third kappa shape index (κ3) is 4.17. The number of piperidine rings is 1. The van der Waals surface area contributed by atoms with Crippen molar-refractivity contribution in [3.63, 3.8) is 0 Å². The van der Waals surface area contributed by atoms with Gasteiger partial charge >= 0.3 is 0 Å². The highest BCUT2D eigenvalue weighted by Gasteiger charge is 2.19. The summed E-state index contributed by atoms with van der Waals surface area (Å²) < 4.78 is 13.4. The van der Waals surface area contributed by atoms with E-state index in [0.717, 1.165) is 24.6 Å². The molecule has 1 fully saturated rings. The number of rotatable bonds is 3. The highest BCUT2D eigenvalue weighted by Crippen LogP contribution is 2.16. The normalized spacial score (nSPS) is 19.7. The smallest absolute Gasteiger partial charge is 0.193 e. The molecule has 1 heterocycles. The van der Waals surface area contributed by atoms with E-state index in [-0.39, 0.29) is 12.4 Å². The summed E-state index contributed by atoms with van der Waals surface area (Å²) >= 11 is 0. The summed E-state index contributed by atoms with van der Waals surface area (Å²) in [7, 11) is 1.78. The lowest BCUT2D eigenvalue weighted by molar-refractivity contribution is 0.266. The Kier molecular flexibility index (Phi) is 5.56. The molecule has 1 atom stereocenters. The van der Waals surface area contributed by atoms with Gasteiger partial charge in [-0.3, -0.25) is 4.99 Å². The molecule has 1 unspecified atom stereocenters. The number of halogens is 1. The summed E-state index contributed by atoms with van der Waals surface area (Å²) in [6.07, 6.45) is 2.46. The summed E-state index contributed by atoms with van der Waals surface area (Å²) in [4.78, 5) is 6.60. The number of hydrogen-bond donors (Lipinski definition) is 2. The highest BCUT2D eigenvalue weighted by atomic mass is 19.1. The molecular weight excluding hydrogens is 269 g/mol. The maximum Gasteiger partial charge on any atom is 0.193 e. The minimum Gasteiger partial charge on any atom is -0.392 e. The highest BCUT2D eigenvalue weighted by molar-refractivity contribution is 5.80. The molecule has 2 rings (SSSR count). The van der Waals surface area contributed by atoms with Crippen LogP contribution in [0.25, 0.3) is 0 Å². The van der Waals surface area contributed by atoms with Crippen LogP contribution in [0, 0.1) is 11.7 Å². The van der Waals surface area contributed by atoms with Crippen LogP contribution in [-0.2, 0) is 13.2 Å². The van der Waals surface area contributed by atoms with Crippen molar-refractivity contribution in [2.75, 3.05) is 20.1 Å². The summed E-state index contributed by atoms with van der Waals surface area (Å²) in [5, 5.41) is 12.4. The zero-order chi connectivity index (χ0) is 15.2. The molecule has 21 heavy (non-hydrogen) atoms. The van der Waals surface area contributed by atoms with E-state index in [2.05, 4.69) is 22.1 Å². The quantitative estimate of drug-likeness (QED) is 0.663. The number of hydrogen-bond acceptors (Lipinski definition) is 2. The number of aliphatic hydroxyl groups is 1. The zero-order valence-corrected chi connectivity index (χ0v) is 12.8. The molecule has 1 saturated heterocycles. The van der Waals surface area contributed by atoms with Gasteiger partial charge in [0.2, 0.25) is 0 Å². The van der Waals surface area contributed by atoms with E-state index in [9.17, 15) is 4.39 Å². The average Bonchev–Trinajstić information content (AvgIpc) is 2.49. The molecule has 1 aromatic carbocycles. The minimum atomic E-state index is -0.365. The fraction of sp³-hybridized carbons (Fsp3) is 0.562. The predicted octanol–water partition coefficient (Wildman–Crippen LogP) is 2.13. The number of benzene rings is 1. The Morgan fingerprint density at radius 3 is 3.00 bits per heavy atom. The second-order valence-corrected chi connectivity index (χ2v) is 5.68. The van der Waals surface area contributed by atoms with Crippen molar-refractivity contribution >= 4 is 5.96 Å². The van der Waals surface area contributed by atoms with Gasteiger partial charge in [-0.2, -0.15) is 0 Å². The zero-order valence-electron chi connectivity index (χ0n) is 12.8. The third-order valence-corrected chi connectivity index (χ3v) is 3.90. The van der Waals surface area contributed by atoms with Gasteiger partial charge in [-0.15, -0.1) is 0 Å². The van der Waals surface area contributed by atoms with Gasteiger partial charge in [0.05, 0.1) is 6.61 Å². The van der Waals surface area contributed by atoms with Gasteiger partial charge in [0.15, 0.2) is 5.96 Å². The van der Waals surface area contributed by atoms with Crippen LogP contribution in [-0.4, -0.2) is 36.1 Å². The SMILES string of the molecule is CN=C(NCc1ccc(F)c(CO)c1)N1CCCC(C)C1. The maximum atomic E-state index is 13.4. The molecule has 0 spiro atoms. The number of guanidine groups is 1. The fourth-order valence-electron chi connectivity index (χ4n) is 2.75. The first-order valence-electron chi connectivity index (χ1n) is 7.47. The Hall–Kier alpha value is -1.62. The summed E-state index contributed by atoms with van der Waals surface area (Å²) in [5.74, 6) is 1.20. The maximum absolute atomic E-state index is 13.4. The van der Waals surface area contributed by atoms with Gasteiger partial charge in [-0.05, 0) is 36.5 Å². The molecule has 1 aliphatic heterocycles. The van der Waals surface area contributed by atoms with Crippen molar-refractivity contribution in [2.45, 2.75) is 32.9 Å². The van der Waals surface area contributed by atoms with Crippen molar-refractivity contribution in [3.8, 4) is 0 Å². The van der Waals surface area contributed by atoms with E-state index < -0.39 is 0 Å². The van der Waals surface area contributed by atoms with Crippen LogP contribution in [0.3, 0.4) is 0 Å². The molecule has 0 saturated carbocycles. The Balaban J connectivity index is 1.97. The standard InChI is InChI=1S/C16H24FN3O/c1-12-4-3-7-20(10-12)16(18-2)19-9-13-5-6-15(17)14(8-13)11-21/h5-6,8,12,21H,3-4,7,9-11H2,1-2H3,(H,18,19). The second-order valence-electron chi connectivity index (χ2n) is 5.68. The molecule has 0 aromatic heterocycles. The topological polar surface area (TPSA) is 47.9 Å². The van der Waals surface area contributed by atoms with Crippen LogP contribution >= 0.6 is 0 Å². The fourth-order valence-corrected chi connectivity index (χ4v) is 2.75. The molecule has 4 nitrogen and oxygen atoms in total. The van der Waals surface area contributed by atoms with Gasteiger partial charge in [0.25, 0.3) is 0 Å². The average molecular weight is 293 g/mol. The molecular formula is C16H24FN3O. The van der Waals surface area contributed by atoms with Crippen LogP contribution in [0.15, 0.2) is 23.2 Å². The lowest BCUT2D eigenvalue weighted by Crippen LogP contribution is -2.45. The Morgan fingerprint density at radius 1 is 1.52 bits per heavy atom. The molecule has 1 aromatic rings. The molecule has 0 radical (unpaired) electrons. The summed E-state index contributed by atoms with van der Waals surface area (Å²) in [6, 6.07) is 4.82. The van der Waals surface area contributed by atoms with Crippen LogP contribution in [0.2, 0.25) is 0 Å². The van der Waals surface area contributed by atoms with Crippen molar-refractivity contribution in [1.82, 2.24) is 10.2 Å². The number of nitrogens with zero attached hydrogens (tertiary/aromatic N) is 2. The first-order valence-corrected chi connectivity index (χ1v) is 7.47. The summed E-state index contributed by atoms with van der Waals surface area (Å²) in [6.45, 7) is 4.59. The van der Waals surface area contributed by atoms with Crippen LogP contribution in [0.4, 0.5) is 4.39 Å². The predicted molar refractivity (Wildman–Crippen MR) is 82.5 cm³/mol. The monoisotopic (exact) mass is 293 g/mol. The first-order chi connectivity index (χ1) is 10.1. The molecule has 0 amide bonds. The first kappa shape index (κ1) is 15.8. The van der Waals surface area contributed by atoms with Crippen LogP contribution in [0.1, 0.15) is 30.9 Å². The lowest BCUT2D eigenvalue weighted by Gasteiger charge is -2.33. The molecule has 0 bridgehead atoms. The molecule has 1 aliphatic rings. The van der Waals surface area contributed by atoms with Crippen molar-refractivity contribution in [3.05, 3.63) is 35.1 Å². The van der Waals surface area contributed by atoms with E-state index in [1.807, 2.05) is 0 Å². The number of aliphatic hydroxyl groups excluding tert-OH is 1. The molecule has 116 valence electrons. The molecule has 5 heteroatoms. The number of nitrogens with one attached hydrogen (secondary N) is 1. The van der Waals surface area contributed by atoms with E-state index >= 15 is 0 Å². The van der Waals surface area contributed by atoms with Gasteiger partial charge in [-0.25, -0.2) is 4.39 Å². The summed E-state index contributed by atoms with van der Waals surface area (Å²) in [5.41, 5.74) is 1.27. The third-order valence-electron chi connectivity index (χ3n) is 3.90. The van der Waals surface area contributed by atoms with Gasteiger partial charge in [0.1, 0.15) is 5.82 Å². The van der Waals surface area contributed by atoms with Crippen LogP contribution < -0.4 is 5.32 Å². The van der Waals surface area contributed by atoms with Crippen LogP contribution in [0.5, 0.6) is 0 Å². The Bertz CT molecular complexity index is 504. The van der Waals surface area contributed by atoms with Crippen molar-refractivity contribution in [2.24, 2.45) is 10.9 Å². The van der Waals surface area contributed by atoms with E-state index in [1.54, 1.807) is 19.2 Å². The van der Waals surface area contributed by atoms with Gasteiger partial charge in [0, 0.05) is 32.2 Å². The Morgan fingerprint density at radius 2 is 2.33 bits per heavy atom. The van der Waals surface area contributed by atoms with Gasteiger partial charge in [-0.1, -0.05) is 13.0 Å². The van der Waals surface area contributed by atoms with Crippen molar-refractivity contribution in [1.29, 1.82) is 0 Å². The minimum absolute atomic E-state index is 0.280. The van der Waals surface area contributed by atoms with E-state index in [0.29, 0.717) is 18.0 Å².